The molecule has 0 unspecified atom stereocenters. The molecule has 0 aliphatic heterocycles. The summed E-state index contributed by atoms with van der Waals surface area (Å²) in [7, 11) is 0. The summed E-state index contributed by atoms with van der Waals surface area (Å²) in [5, 5.41) is 0. The fourth-order valence-electron chi connectivity index (χ4n) is 1.60. The van der Waals surface area contributed by atoms with Crippen molar-refractivity contribution in [3.63, 3.8) is 0 Å². The van der Waals surface area contributed by atoms with E-state index in [1.807, 2.05) is 0 Å². The molecule has 0 saturated heterocycles. The predicted molar refractivity (Wildman–Crippen MR) is 77.9 cm³/mol. The maximum Gasteiger partial charge on any atom is 0.150 e. The van der Waals surface area contributed by atoms with Gasteiger partial charge in [0.2, 0.25) is 0 Å². The molecule has 0 fully saturated rings. The third-order valence-corrected chi connectivity index (χ3v) is 3.76. The molecule has 0 heterocycles. The number of benzene rings is 2. The molecular weight excluding hydrogens is 398 g/mol. The van der Waals surface area contributed by atoms with E-state index >= 15 is 0 Å². The Morgan fingerprint density at radius 3 is 2.15 bits per heavy atom. The van der Waals surface area contributed by atoms with Crippen molar-refractivity contribution >= 4 is 38.1 Å². The summed E-state index contributed by atoms with van der Waals surface area (Å²) in [5.74, 6) is -0.957. The molecule has 0 bridgehead atoms. The van der Waals surface area contributed by atoms with E-state index in [9.17, 15) is 13.6 Å². The van der Waals surface area contributed by atoms with Crippen molar-refractivity contribution in [2.45, 2.75) is 6.61 Å². The van der Waals surface area contributed by atoms with Gasteiger partial charge in [0.15, 0.2) is 0 Å². The van der Waals surface area contributed by atoms with Gasteiger partial charge in [0.1, 0.15) is 30.3 Å². The molecule has 0 aromatic heterocycles. The Morgan fingerprint density at radius 1 is 1.10 bits per heavy atom. The number of aldehydes is 1. The Hall–Kier alpha value is -1.27. The van der Waals surface area contributed by atoms with Crippen molar-refractivity contribution in [1.82, 2.24) is 0 Å². The number of carbonyl (C=O) groups excluding carboxylic acids is 1. The Kier molecular flexibility index (Phi) is 4.88. The van der Waals surface area contributed by atoms with Crippen molar-refractivity contribution in [1.29, 1.82) is 0 Å². The van der Waals surface area contributed by atoms with Gasteiger partial charge >= 0.3 is 0 Å². The lowest BCUT2D eigenvalue weighted by atomic mass is 10.2. The zero-order valence-corrected chi connectivity index (χ0v) is 13.2. The van der Waals surface area contributed by atoms with Crippen LogP contribution in [0.3, 0.4) is 0 Å². The fourth-order valence-corrected chi connectivity index (χ4v) is 3.05. The Morgan fingerprint density at radius 2 is 1.65 bits per heavy atom. The van der Waals surface area contributed by atoms with Crippen LogP contribution in [0.2, 0.25) is 0 Å². The smallest absolute Gasteiger partial charge is 0.150 e. The summed E-state index contributed by atoms with van der Waals surface area (Å²) >= 11 is 6.50. The molecule has 0 N–H and O–H groups in total. The maximum atomic E-state index is 13.5. The van der Waals surface area contributed by atoms with E-state index in [1.54, 1.807) is 12.1 Å². The monoisotopic (exact) mass is 404 g/mol. The van der Waals surface area contributed by atoms with E-state index in [1.165, 1.54) is 18.2 Å². The second kappa shape index (κ2) is 6.45. The molecule has 0 aliphatic carbocycles. The van der Waals surface area contributed by atoms with E-state index in [2.05, 4.69) is 31.9 Å². The van der Waals surface area contributed by atoms with Crippen LogP contribution >= 0.6 is 31.9 Å². The molecule has 0 amide bonds. The van der Waals surface area contributed by atoms with E-state index in [0.717, 1.165) is 0 Å². The zero-order chi connectivity index (χ0) is 14.7. The molecule has 20 heavy (non-hydrogen) atoms. The molecule has 0 atom stereocenters. The van der Waals surface area contributed by atoms with Crippen molar-refractivity contribution in [2.24, 2.45) is 0 Å². The van der Waals surface area contributed by atoms with Gasteiger partial charge in [-0.15, -0.1) is 0 Å². The van der Waals surface area contributed by atoms with Gasteiger partial charge in [0.25, 0.3) is 0 Å². The van der Waals surface area contributed by atoms with Crippen LogP contribution in [0.1, 0.15) is 15.9 Å². The van der Waals surface area contributed by atoms with E-state index < -0.39 is 11.6 Å². The van der Waals surface area contributed by atoms with Gasteiger partial charge in [-0.05, 0) is 56.1 Å². The van der Waals surface area contributed by atoms with Gasteiger partial charge in [0, 0.05) is 5.56 Å². The molecule has 0 spiro atoms. The van der Waals surface area contributed by atoms with Gasteiger partial charge in [-0.1, -0.05) is 6.07 Å². The summed E-state index contributed by atoms with van der Waals surface area (Å²) in [6.07, 6.45) is 0.690. The average molecular weight is 406 g/mol. The molecule has 2 rings (SSSR count). The Balaban J connectivity index is 2.26. The second-order valence-electron chi connectivity index (χ2n) is 3.92. The van der Waals surface area contributed by atoms with Crippen LogP contribution in [0.4, 0.5) is 8.78 Å². The normalized spacial score (nSPS) is 10.4. The van der Waals surface area contributed by atoms with Gasteiger partial charge in [0.05, 0.1) is 14.5 Å². The lowest BCUT2D eigenvalue weighted by Gasteiger charge is -2.12. The quantitative estimate of drug-likeness (QED) is 0.677. The van der Waals surface area contributed by atoms with Crippen LogP contribution in [0.25, 0.3) is 0 Å². The Labute approximate surface area is 131 Å². The number of hydrogen-bond donors (Lipinski definition) is 0. The number of hydrogen-bond acceptors (Lipinski definition) is 2. The molecule has 2 aromatic carbocycles. The Bertz CT molecular complexity index is 616. The third kappa shape index (κ3) is 3.24. The minimum atomic E-state index is -0.665. The molecule has 0 saturated carbocycles. The van der Waals surface area contributed by atoms with Crippen molar-refractivity contribution in [3.8, 4) is 5.75 Å². The zero-order valence-electron chi connectivity index (χ0n) is 10.00. The summed E-state index contributed by atoms with van der Waals surface area (Å²) in [4.78, 5) is 10.7. The fraction of sp³-hybridized carbons (Fsp3) is 0.0714. The van der Waals surface area contributed by atoms with Crippen molar-refractivity contribution in [3.05, 3.63) is 62.0 Å². The topological polar surface area (TPSA) is 26.3 Å². The first-order chi connectivity index (χ1) is 9.52. The number of ether oxygens (including phenoxy) is 1. The van der Waals surface area contributed by atoms with Gasteiger partial charge in [-0.2, -0.15) is 0 Å². The lowest BCUT2D eigenvalue weighted by molar-refractivity contribution is 0.112. The summed E-state index contributed by atoms with van der Waals surface area (Å²) < 4.78 is 33.4. The largest absolute Gasteiger partial charge is 0.486 e. The molecule has 0 aliphatic rings. The van der Waals surface area contributed by atoms with Gasteiger partial charge in [-0.3, -0.25) is 4.79 Å². The van der Waals surface area contributed by atoms with E-state index in [4.69, 9.17) is 4.74 Å². The first kappa shape index (κ1) is 15.1. The summed E-state index contributed by atoms with van der Waals surface area (Å²) in [6.45, 7) is -0.254. The minimum absolute atomic E-state index is 0.147. The molecule has 6 heteroatoms. The average Bonchev–Trinajstić information content (AvgIpc) is 2.40. The van der Waals surface area contributed by atoms with Crippen LogP contribution in [-0.2, 0) is 6.61 Å². The van der Waals surface area contributed by atoms with Crippen molar-refractivity contribution in [2.75, 3.05) is 0 Å². The first-order valence-corrected chi connectivity index (χ1v) is 7.11. The highest BCUT2D eigenvalue weighted by Crippen LogP contribution is 2.35. The molecule has 2 nitrogen and oxygen atoms in total. The third-order valence-electron chi connectivity index (χ3n) is 2.58. The predicted octanol–water partition coefficient (Wildman–Crippen LogP) is 4.88. The van der Waals surface area contributed by atoms with E-state index in [0.29, 0.717) is 26.5 Å². The van der Waals surface area contributed by atoms with Crippen LogP contribution in [0, 0.1) is 11.6 Å². The lowest BCUT2D eigenvalue weighted by Crippen LogP contribution is -2.03. The number of rotatable bonds is 4. The SMILES string of the molecule is O=Cc1cc(Br)c(OCc2c(F)cccc2F)c(Br)c1. The second-order valence-corrected chi connectivity index (χ2v) is 5.63. The number of carbonyl (C=O) groups is 1. The summed E-state index contributed by atoms with van der Waals surface area (Å²) in [5.41, 5.74) is 0.305. The van der Waals surface area contributed by atoms with Crippen LogP contribution < -0.4 is 4.74 Å². The standard InChI is InChI=1S/C14H8Br2F2O2/c15-10-4-8(6-19)5-11(16)14(10)20-7-9-12(17)2-1-3-13(9)18/h1-6H,7H2. The number of halogens is 4. The minimum Gasteiger partial charge on any atom is -0.486 e. The highest BCUT2D eigenvalue weighted by atomic mass is 79.9. The molecule has 2 aromatic rings. The van der Waals surface area contributed by atoms with E-state index in [-0.39, 0.29) is 12.2 Å². The molecule has 0 radical (unpaired) electrons. The maximum absolute atomic E-state index is 13.5. The van der Waals surface area contributed by atoms with Gasteiger partial charge in [-0.25, -0.2) is 8.78 Å². The highest BCUT2D eigenvalue weighted by Gasteiger charge is 2.13. The van der Waals surface area contributed by atoms with Crippen molar-refractivity contribution < 1.29 is 18.3 Å². The van der Waals surface area contributed by atoms with Crippen LogP contribution in [-0.4, -0.2) is 6.29 Å². The molecule has 104 valence electrons. The molecular formula is C14H8Br2F2O2. The highest BCUT2D eigenvalue weighted by molar-refractivity contribution is 9.11. The van der Waals surface area contributed by atoms with Crippen LogP contribution in [0.5, 0.6) is 5.75 Å². The van der Waals surface area contributed by atoms with Gasteiger partial charge < -0.3 is 4.74 Å². The van der Waals surface area contributed by atoms with Crippen LogP contribution in [0.15, 0.2) is 39.3 Å². The summed E-state index contributed by atoms with van der Waals surface area (Å²) in [6, 6.07) is 6.75. The first-order valence-electron chi connectivity index (χ1n) is 5.53.